The summed E-state index contributed by atoms with van der Waals surface area (Å²) >= 11 is 0. The van der Waals surface area contributed by atoms with Crippen molar-refractivity contribution in [3.8, 4) is 165 Å². The summed E-state index contributed by atoms with van der Waals surface area (Å²) in [5, 5.41) is 58.6. The van der Waals surface area contributed by atoms with Crippen molar-refractivity contribution in [3.63, 3.8) is 0 Å². The quantitative estimate of drug-likeness (QED) is 0.0443. The molecule has 0 spiro atoms. The number of esters is 4. The monoisotopic (exact) mass is 1710 g/mol. The Bertz CT molecular complexity index is 7260. The number of ether oxygens (including phenoxy) is 4. The van der Waals surface area contributed by atoms with E-state index in [1.165, 1.54) is 46.6 Å². The maximum absolute atomic E-state index is 11.8. The number of phenolic OH excluding ortho intramolecular Hbond substituents is 5. The number of carbonyl (C=O) groups excluding carboxylic acids is 4. The zero-order valence-electron chi connectivity index (χ0n) is 70.2. The van der Waals surface area contributed by atoms with Crippen molar-refractivity contribution < 1.29 is 63.7 Å². The molecule has 4 heterocycles. The van der Waals surface area contributed by atoms with Gasteiger partial charge in [0.1, 0.15) is 34.3 Å². The van der Waals surface area contributed by atoms with Gasteiger partial charge in [-0.25, -0.2) is 79.0 Å². The SMILES string of the molecule is COC(=O)c1ccc(-c2nc(-c3ccc4ccccc4c3)nc(-c3ccc(C)cc3O)n2)cc1.COC(=O)c1ccc(-c2nc(-c3ccccc3)nc(-c3c(O)cccc3O)n2)cc1.COC(=O)c1ccc(-c2nc(-c3ccccc3)nc(-c3cc4ccccc4cc3O)n2)cc1.COC(=O)c1ccc(-c2nc(-c3ccccc3)nc(-c3ccc4ccccc4c3O)n2)cc1. The topological polar surface area (TPSA) is 361 Å². The summed E-state index contributed by atoms with van der Waals surface area (Å²) < 4.78 is 19.1. The van der Waals surface area contributed by atoms with Gasteiger partial charge in [-0.2, -0.15) is 0 Å². The highest BCUT2D eigenvalue weighted by Gasteiger charge is 2.24. The van der Waals surface area contributed by atoms with Gasteiger partial charge in [0.15, 0.2) is 69.9 Å². The molecule has 130 heavy (non-hydrogen) atoms. The first-order chi connectivity index (χ1) is 63.3. The maximum atomic E-state index is 11.8. The lowest BCUT2D eigenvalue weighted by Gasteiger charge is -2.11. The van der Waals surface area contributed by atoms with Gasteiger partial charge in [-0.3, -0.25) is 0 Å². The molecule has 634 valence electrons. The van der Waals surface area contributed by atoms with Crippen molar-refractivity contribution in [2.45, 2.75) is 6.92 Å². The van der Waals surface area contributed by atoms with Crippen LogP contribution in [-0.4, -0.2) is 138 Å². The predicted molar refractivity (Wildman–Crippen MR) is 495 cm³/mol. The third-order valence-electron chi connectivity index (χ3n) is 20.8. The molecule has 0 saturated carbocycles. The number of aryl methyl sites for hydroxylation is 1. The van der Waals surface area contributed by atoms with Crippen LogP contribution in [0.25, 0.3) is 169 Å². The van der Waals surface area contributed by atoms with Gasteiger partial charge < -0.3 is 44.5 Å². The van der Waals surface area contributed by atoms with Crippen LogP contribution in [0.1, 0.15) is 47.0 Å². The molecule has 25 nitrogen and oxygen atoms in total. The zero-order valence-corrected chi connectivity index (χ0v) is 70.2. The van der Waals surface area contributed by atoms with Crippen LogP contribution in [0, 0.1) is 6.92 Å². The summed E-state index contributed by atoms with van der Waals surface area (Å²) in [5.74, 6) is 3.02. The first-order valence-corrected chi connectivity index (χ1v) is 40.5. The summed E-state index contributed by atoms with van der Waals surface area (Å²) in [6.45, 7) is 1.91. The van der Waals surface area contributed by atoms with Gasteiger partial charge in [0.2, 0.25) is 0 Å². The summed E-state index contributed by atoms with van der Waals surface area (Å²) in [5.41, 5.74) is 10.3. The fourth-order valence-electron chi connectivity index (χ4n) is 14.0. The van der Waals surface area contributed by atoms with Crippen LogP contribution in [0.15, 0.2) is 340 Å². The van der Waals surface area contributed by atoms with Crippen molar-refractivity contribution in [2.24, 2.45) is 0 Å². The summed E-state index contributed by atoms with van der Waals surface area (Å²) in [6, 6.07) is 102. The van der Waals surface area contributed by atoms with Gasteiger partial charge >= 0.3 is 23.9 Å². The molecule has 19 rings (SSSR count). The van der Waals surface area contributed by atoms with Gasteiger partial charge in [-0.1, -0.05) is 243 Å². The van der Waals surface area contributed by atoms with E-state index >= 15 is 0 Å². The summed E-state index contributed by atoms with van der Waals surface area (Å²) in [4.78, 5) is 103. The molecule has 4 aromatic heterocycles. The molecule has 0 bridgehead atoms. The Morgan fingerprint density at radius 1 is 0.215 bits per heavy atom. The highest BCUT2D eigenvalue weighted by molar-refractivity contribution is 5.96. The number of methoxy groups -OCH3 is 4. The maximum Gasteiger partial charge on any atom is 0.337 e. The number of rotatable bonds is 16. The summed E-state index contributed by atoms with van der Waals surface area (Å²) in [6.07, 6.45) is 0. The minimum absolute atomic E-state index is 0.0888. The molecule has 0 saturated heterocycles. The number of carbonyl (C=O) groups is 4. The van der Waals surface area contributed by atoms with E-state index in [1.54, 1.807) is 115 Å². The van der Waals surface area contributed by atoms with Gasteiger partial charge in [0.05, 0.1) is 67.4 Å². The number of fused-ring (bicyclic) bond motifs is 3. The standard InChI is InChI=1S/C28H21N3O3.2C27H19N3O3.C23H17N3O4/c1-17-7-14-23(24(32)15-17)27-30-25(19-9-11-20(12-10-19)28(33)34-2)29-26(31-27)22-13-8-18-5-3-4-6-21(18)16-22;1-33-27(32)20-13-11-19(12-14-20)25-28-24(18-8-3-2-4-9-18)29-26(30-25)22-16-15-17-7-5-6-10-21(17)23(22)31;1-33-27(32)19-13-11-18(12-14-19)25-28-24(17-7-3-2-4-8-17)29-26(30-25)22-15-20-9-5-6-10-21(20)16-23(22)31;1-30-23(29)16-12-10-15(11-13-16)21-24-20(14-6-3-2-4-7-14)25-22(26-21)19-17(27)8-5-9-18(19)28/h3-16,32H,1-2H3;2*2-16,31H,1H3;2-13,27-28H,1H3. The van der Waals surface area contributed by atoms with Gasteiger partial charge in [-0.15, -0.1) is 0 Å². The Kier molecular flexibility index (Phi) is 25.6. The fourth-order valence-corrected chi connectivity index (χ4v) is 14.0. The largest absolute Gasteiger partial charge is 0.507 e. The van der Waals surface area contributed by atoms with Crippen LogP contribution in [-0.2, 0) is 18.9 Å². The number of phenols is 5. The Morgan fingerprint density at radius 3 is 0.892 bits per heavy atom. The molecular weight excluding hydrogens is 1640 g/mol. The number of aromatic nitrogens is 12. The van der Waals surface area contributed by atoms with Crippen molar-refractivity contribution in [3.05, 3.63) is 368 Å². The average Bonchev–Trinajstić information content (AvgIpc) is 1.31. The molecular formula is C105H76N12O13. The molecule has 19 aromatic rings. The molecule has 15 aromatic carbocycles. The third kappa shape index (κ3) is 19.3. The molecule has 0 amide bonds. The molecule has 5 N–H and O–H groups in total. The lowest BCUT2D eigenvalue weighted by molar-refractivity contribution is 0.0592. The fraction of sp³-hybridized carbons (Fsp3) is 0.0476. The predicted octanol–water partition coefficient (Wildman–Crippen LogP) is 20.9. The lowest BCUT2D eigenvalue weighted by Crippen LogP contribution is -2.02. The van der Waals surface area contributed by atoms with Crippen LogP contribution in [0.2, 0.25) is 0 Å². The van der Waals surface area contributed by atoms with Crippen LogP contribution >= 0.6 is 0 Å². The van der Waals surface area contributed by atoms with E-state index in [0.29, 0.717) is 125 Å². The molecule has 0 atom stereocenters. The van der Waals surface area contributed by atoms with E-state index in [-0.39, 0.29) is 40.1 Å². The molecule has 0 unspecified atom stereocenters. The van der Waals surface area contributed by atoms with Crippen LogP contribution in [0.5, 0.6) is 28.7 Å². The van der Waals surface area contributed by atoms with E-state index in [2.05, 4.69) is 55.9 Å². The summed E-state index contributed by atoms with van der Waals surface area (Å²) in [7, 11) is 5.35. The van der Waals surface area contributed by atoms with E-state index in [4.69, 9.17) is 28.9 Å². The van der Waals surface area contributed by atoms with Crippen molar-refractivity contribution >= 4 is 56.2 Å². The number of hydrogen-bond donors (Lipinski definition) is 5. The van der Waals surface area contributed by atoms with Gasteiger partial charge in [0.25, 0.3) is 0 Å². The average molecular weight is 1710 g/mol. The Morgan fingerprint density at radius 2 is 0.500 bits per heavy atom. The van der Waals surface area contributed by atoms with Gasteiger partial charge in [-0.05, 0) is 136 Å². The second-order valence-corrected chi connectivity index (χ2v) is 29.3. The second-order valence-electron chi connectivity index (χ2n) is 29.3. The molecule has 25 heteroatoms. The highest BCUT2D eigenvalue weighted by atomic mass is 16.5. The molecule has 0 fully saturated rings. The zero-order chi connectivity index (χ0) is 90.3. The van der Waals surface area contributed by atoms with E-state index in [0.717, 1.165) is 60.1 Å². The normalized spacial score (nSPS) is 10.8. The first kappa shape index (κ1) is 85.6. The first-order valence-electron chi connectivity index (χ1n) is 40.5. The van der Waals surface area contributed by atoms with E-state index < -0.39 is 23.9 Å². The number of benzene rings is 15. The molecule has 0 aliphatic carbocycles. The van der Waals surface area contributed by atoms with Crippen LogP contribution < -0.4 is 0 Å². The third-order valence-corrected chi connectivity index (χ3v) is 20.8. The van der Waals surface area contributed by atoms with Crippen molar-refractivity contribution in [1.82, 2.24) is 59.8 Å². The van der Waals surface area contributed by atoms with E-state index in [1.807, 2.05) is 207 Å². The van der Waals surface area contributed by atoms with E-state index in [9.17, 15) is 44.7 Å². The van der Waals surface area contributed by atoms with Crippen molar-refractivity contribution in [1.29, 1.82) is 0 Å². The van der Waals surface area contributed by atoms with Crippen molar-refractivity contribution in [2.75, 3.05) is 28.4 Å². The Hall–Kier alpha value is -18.0. The lowest BCUT2D eigenvalue weighted by atomic mass is 10.0. The molecule has 0 aliphatic heterocycles. The minimum atomic E-state index is -0.443. The van der Waals surface area contributed by atoms with Crippen LogP contribution in [0.3, 0.4) is 0 Å². The molecule has 0 radical (unpaired) electrons. The Labute approximate surface area is 743 Å². The number of hydrogen-bond acceptors (Lipinski definition) is 25. The minimum Gasteiger partial charge on any atom is -0.507 e. The second kappa shape index (κ2) is 38.8. The molecule has 0 aliphatic rings. The smallest absolute Gasteiger partial charge is 0.337 e. The van der Waals surface area contributed by atoms with Crippen LogP contribution in [0.4, 0.5) is 0 Å². The number of aromatic hydroxyl groups is 5. The number of nitrogens with zero attached hydrogens (tertiary/aromatic N) is 12. The van der Waals surface area contributed by atoms with Gasteiger partial charge in [0, 0.05) is 49.9 Å². The Balaban J connectivity index is 0.000000127. The highest BCUT2D eigenvalue weighted by Crippen LogP contribution is 2.41.